The van der Waals surface area contributed by atoms with Crippen LogP contribution in [0.25, 0.3) is 0 Å². The third-order valence-corrected chi connectivity index (χ3v) is 2.82. The van der Waals surface area contributed by atoms with Gasteiger partial charge < -0.3 is 10.0 Å². The summed E-state index contributed by atoms with van der Waals surface area (Å²) in [5.74, 6) is 0. The standard InChI is InChI=1S/C6H15NOS2/c1-6(10-9)5-7(2)3-4-8/h6,8-9H,3-5H2,1-2H3. The lowest BCUT2D eigenvalue weighted by Crippen LogP contribution is -2.27. The van der Waals surface area contributed by atoms with Crippen molar-refractivity contribution in [2.75, 3.05) is 26.7 Å². The van der Waals surface area contributed by atoms with Crippen LogP contribution in [0.3, 0.4) is 0 Å². The second-order valence-corrected chi connectivity index (χ2v) is 4.05. The second-order valence-electron chi connectivity index (χ2n) is 2.40. The highest BCUT2D eigenvalue weighted by molar-refractivity contribution is 8.68. The van der Waals surface area contributed by atoms with Gasteiger partial charge in [0.15, 0.2) is 0 Å². The Hall–Kier alpha value is 0.620. The molecular weight excluding hydrogens is 166 g/mol. The zero-order valence-electron chi connectivity index (χ0n) is 6.45. The van der Waals surface area contributed by atoms with E-state index in [1.54, 1.807) is 10.8 Å². The van der Waals surface area contributed by atoms with Gasteiger partial charge in [-0.05, 0) is 7.05 Å². The van der Waals surface area contributed by atoms with E-state index in [2.05, 4.69) is 23.5 Å². The Balaban J connectivity index is 3.27. The highest BCUT2D eigenvalue weighted by Gasteiger charge is 2.03. The summed E-state index contributed by atoms with van der Waals surface area (Å²) < 4.78 is 0. The first-order valence-electron chi connectivity index (χ1n) is 3.30. The Morgan fingerprint density at radius 3 is 2.70 bits per heavy atom. The van der Waals surface area contributed by atoms with E-state index in [1.165, 1.54) is 0 Å². The van der Waals surface area contributed by atoms with Crippen LogP contribution >= 0.6 is 22.5 Å². The average Bonchev–Trinajstić information content (AvgIpc) is 1.88. The molecule has 4 heteroatoms. The Labute approximate surface area is 71.8 Å². The Bertz CT molecular complexity index is 82.1. The minimum Gasteiger partial charge on any atom is -0.395 e. The van der Waals surface area contributed by atoms with Gasteiger partial charge in [0.2, 0.25) is 0 Å². The van der Waals surface area contributed by atoms with Gasteiger partial charge in [0.05, 0.1) is 6.61 Å². The summed E-state index contributed by atoms with van der Waals surface area (Å²) in [5.41, 5.74) is 0. The van der Waals surface area contributed by atoms with Gasteiger partial charge in [-0.25, -0.2) is 0 Å². The molecule has 1 unspecified atom stereocenters. The van der Waals surface area contributed by atoms with Crippen molar-refractivity contribution in [3.8, 4) is 0 Å². The Kier molecular flexibility index (Phi) is 6.73. The lowest BCUT2D eigenvalue weighted by molar-refractivity contribution is 0.223. The molecule has 0 fully saturated rings. The number of likely N-dealkylation sites (N-methyl/N-ethyl adjacent to an activating group) is 1. The largest absolute Gasteiger partial charge is 0.395 e. The Morgan fingerprint density at radius 1 is 1.70 bits per heavy atom. The van der Waals surface area contributed by atoms with E-state index in [0.717, 1.165) is 13.1 Å². The van der Waals surface area contributed by atoms with Gasteiger partial charge >= 0.3 is 0 Å². The minimum atomic E-state index is 0.237. The molecule has 0 aromatic carbocycles. The number of aliphatic hydroxyl groups is 1. The van der Waals surface area contributed by atoms with E-state index in [-0.39, 0.29) is 6.61 Å². The number of aliphatic hydroxyl groups excluding tert-OH is 1. The van der Waals surface area contributed by atoms with Crippen molar-refractivity contribution < 1.29 is 5.11 Å². The summed E-state index contributed by atoms with van der Waals surface area (Å²) in [6.45, 7) is 4.08. The first kappa shape index (κ1) is 10.6. The fourth-order valence-corrected chi connectivity index (χ4v) is 1.26. The highest BCUT2D eigenvalue weighted by atomic mass is 33.1. The summed E-state index contributed by atoms with van der Waals surface area (Å²) >= 11 is 4.09. The van der Waals surface area contributed by atoms with Gasteiger partial charge in [0.1, 0.15) is 0 Å². The van der Waals surface area contributed by atoms with E-state index in [1.807, 2.05) is 7.05 Å². The molecule has 0 heterocycles. The van der Waals surface area contributed by atoms with Crippen LogP contribution in [0.5, 0.6) is 0 Å². The maximum absolute atomic E-state index is 8.55. The van der Waals surface area contributed by atoms with Gasteiger partial charge in [0, 0.05) is 18.3 Å². The van der Waals surface area contributed by atoms with Crippen LogP contribution in [-0.4, -0.2) is 42.0 Å². The number of nitrogens with zero attached hydrogens (tertiary/aromatic N) is 1. The molecule has 0 bridgehead atoms. The molecule has 0 aliphatic heterocycles. The normalized spacial score (nSPS) is 14.1. The molecule has 62 valence electrons. The van der Waals surface area contributed by atoms with Crippen LogP contribution in [0.15, 0.2) is 0 Å². The number of thiol groups is 1. The molecular formula is C6H15NOS2. The summed E-state index contributed by atoms with van der Waals surface area (Å²) in [6.07, 6.45) is 0. The smallest absolute Gasteiger partial charge is 0.0558 e. The number of rotatable bonds is 5. The minimum absolute atomic E-state index is 0.237. The van der Waals surface area contributed by atoms with E-state index in [4.69, 9.17) is 5.11 Å². The predicted octanol–water partition coefficient (Wildman–Crippen LogP) is 0.877. The summed E-state index contributed by atoms with van der Waals surface area (Å²) in [7, 11) is 3.55. The van der Waals surface area contributed by atoms with Gasteiger partial charge in [-0.15, -0.1) is 11.7 Å². The quantitative estimate of drug-likeness (QED) is 0.486. The zero-order chi connectivity index (χ0) is 7.98. The van der Waals surface area contributed by atoms with Crippen LogP contribution in [0.4, 0.5) is 0 Å². The first-order valence-corrected chi connectivity index (χ1v) is 5.23. The Morgan fingerprint density at radius 2 is 2.30 bits per heavy atom. The molecule has 0 saturated heterocycles. The van der Waals surface area contributed by atoms with E-state index in [0.29, 0.717) is 5.25 Å². The van der Waals surface area contributed by atoms with E-state index < -0.39 is 0 Å². The van der Waals surface area contributed by atoms with Crippen molar-refractivity contribution in [3.63, 3.8) is 0 Å². The molecule has 1 N–H and O–H groups in total. The zero-order valence-corrected chi connectivity index (χ0v) is 8.16. The maximum Gasteiger partial charge on any atom is 0.0558 e. The molecule has 0 rings (SSSR count). The van der Waals surface area contributed by atoms with Crippen LogP contribution < -0.4 is 0 Å². The molecule has 0 aliphatic rings. The van der Waals surface area contributed by atoms with Crippen molar-refractivity contribution >= 4 is 22.5 Å². The third kappa shape index (κ3) is 5.41. The molecule has 10 heavy (non-hydrogen) atoms. The van der Waals surface area contributed by atoms with Gasteiger partial charge in [-0.2, -0.15) is 0 Å². The first-order chi connectivity index (χ1) is 4.70. The van der Waals surface area contributed by atoms with Crippen molar-refractivity contribution in [1.82, 2.24) is 4.90 Å². The predicted molar refractivity (Wildman–Crippen MR) is 50.6 cm³/mol. The molecule has 0 amide bonds. The monoisotopic (exact) mass is 181 g/mol. The molecule has 0 aliphatic carbocycles. The number of hydrogen-bond acceptors (Lipinski definition) is 4. The topological polar surface area (TPSA) is 23.5 Å². The van der Waals surface area contributed by atoms with Crippen LogP contribution in [0.1, 0.15) is 6.92 Å². The van der Waals surface area contributed by atoms with Gasteiger partial charge in [-0.3, -0.25) is 0 Å². The number of hydrogen-bond donors (Lipinski definition) is 2. The molecule has 0 saturated carbocycles. The molecule has 0 radical (unpaired) electrons. The van der Waals surface area contributed by atoms with Crippen LogP contribution in [0, 0.1) is 0 Å². The SMILES string of the molecule is CC(CN(C)CCO)SS. The summed E-state index contributed by atoms with van der Waals surface area (Å²) in [6, 6.07) is 0. The molecule has 0 aromatic heterocycles. The highest BCUT2D eigenvalue weighted by Crippen LogP contribution is 2.14. The summed E-state index contributed by atoms with van der Waals surface area (Å²) in [4.78, 5) is 2.09. The molecule has 1 atom stereocenters. The third-order valence-electron chi connectivity index (χ3n) is 1.23. The van der Waals surface area contributed by atoms with Crippen LogP contribution in [0.2, 0.25) is 0 Å². The average molecular weight is 181 g/mol. The lowest BCUT2D eigenvalue weighted by Gasteiger charge is -2.17. The van der Waals surface area contributed by atoms with Crippen molar-refractivity contribution in [1.29, 1.82) is 0 Å². The van der Waals surface area contributed by atoms with Crippen molar-refractivity contribution in [3.05, 3.63) is 0 Å². The van der Waals surface area contributed by atoms with Gasteiger partial charge in [-0.1, -0.05) is 17.7 Å². The fraction of sp³-hybridized carbons (Fsp3) is 1.00. The fourth-order valence-electron chi connectivity index (χ4n) is 0.734. The van der Waals surface area contributed by atoms with Crippen LogP contribution in [-0.2, 0) is 0 Å². The van der Waals surface area contributed by atoms with Crippen molar-refractivity contribution in [2.45, 2.75) is 12.2 Å². The van der Waals surface area contributed by atoms with E-state index in [9.17, 15) is 0 Å². The van der Waals surface area contributed by atoms with Gasteiger partial charge in [0.25, 0.3) is 0 Å². The lowest BCUT2D eigenvalue weighted by atomic mass is 10.4. The maximum atomic E-state index is 8.55. The molecule has 0 aromatic rings. The second kappa shape index (κ2) is 6.34. The molecule has 2 nitrogen and oxygen atoms in total. The summed E-state index contributed by atoms with van der Waals surface area (Å²) in [5, 5.41) is 9.08. The van der Waals surface area contributed by atoms with E-state index >= 15 is 0 Å². The van der Waals surface area contributed by atoms with Crippen molar-refractivity contribution in [2.24, 2.45) is 0 Å². The molecule has 0 spiro atoms.